The van der Waals surface area contributed by atoms with Crippen molar-refractivity contribution >= 4 is 23.3 Å². The Morgan fingerprint density at radius 1 is 1.21 bits per heavy atom. The van der Waals surface area contributed by atoms with Crippen LogP contribution in [0.1, 0.15) is 22.6 Å². The second-order valence-electron chi connectivity index (χ2n) is 6.74. The number of hydrogen-bond acceptors (Lipinski definition) is 6. The van der Waals surface area contributed by atoms with Crippen molar-refractivity contribution in [2.45, 2.75) is 44.6 Å². The van der Waals surface area contributed by atoms with Gasteiger partial charge in [0, 0.05) is 53.9 Å². The first-order valence-electron chi connectivity index (χ1n) is 8.89. The summed E-state index contributed by atoms with van der Waals surface area (Å²) in [6.45, 7) is 5.56. The lowest BCUT2D eigenvalue weighted by molar-refractivity contribution is -0.192. The number of thiophene rings is 1. The number of aliphatic carboxylic acids is 1. The molecule has 0 bridgehead atoms. The van der Waals surface area contributed by atoms with Crippen molar-refractivity contribution in [3.63, 3.8) is 0 Å². The second-order valence-corrected chi connectivity index (χ2v) is 8.11. The highest BCUT2D eigenvalue weighted by Gasteiger charge is 2.43. The SMILES string of the molecule is Cc1ccc(CN2CC[C@H]3[C@H]2CCN3c2ncccn2)s1.O=C(O)C(F)(F)F. The third kappa shape index (κ3) is 4.79. The smallest absolute Gasteiger partial charge is 0.475 e. The van der Waals surface area contributed by atoms with Crippen LogP contribution in [0.2, 0.25) is 0 Å². The van der Waals surface area contributed by atoms with Gasteiger partial charge in [-0.15, -0.1) is 11.3 Å². The lowest BCUT2D eigenvalue weighted by Crippen LogP contribution is -2.36. The zero-order valence-electron chi connectivity index (χ0n) is 15.3. The van der Waals surface area contributed by atoms with Crippen LogP contribution in [0.25, 0.3) is 0 Å². The summed E-state index contributed by atoms with van der Waals surface area (Å²) in [5, 5.41) is 7.12. The molecule has 2 aromatic heterocycles. The van der Waals surface area contributed by atoms with E-state index in [0.29, 0.717) is 12.1 Å². The number of carboxylic acids is 1. The standard InChI is InChI=1S/C16H20N4S.C2HF3O2/c1-12-3-4-13(21-12)11-19-9-5-15-14(19)6-10-20(15)16-17-7-2-8-18-16;3-2(4,5)1(6)7/h2-4,7-8,14-15H,5-6,9-11H2,1H3;(H,6,7)/t14-,15+;/m1./s1. The number of carbonyl (C=O) groups is 1. The van der Waals surface area contributed by atoms with E-state index in [1.54, 1.807) is 0 Å². The van der Waals surface area contributed by atoms with E-state index in [1.165, 1.54) is 29.1 Å². The van der Waals surface area contributed by atoms with Gasteiger partial charge in [-0.2, -0.15) is 13.2 Å². The number of carboxylic acid groups (broad SMARTS) is 1. The van der Waals surface area contributed by atoms with E-state index in [4.69, 9.17) is 9.90 Å². The molecule has 6 nitrogen and oxygen atoms in total. The van der Waals surface area contributed by atoms with Crippen molar-refractivity contribution in [1.82, 2.24) is 14.9 Å². The molecule has 0 aromatic carbocycles. The molecule has 0 amide bonds. The van der Waals surface area contributed by atoms with Gasteiger partial charge in [0.15, 0.2) is 0 Å². The van der Waals surface area contributed by atoms with Crippen LogP contribution in [0.5, 0.6) is 0 Å². The van der Waals surface area contributed by atoms with Crippen LogP contribution in [0.4, 0.5) is 19.1 Å². The van der Waals surface area contributed by atoms with E-state index >= 15 is 0 Å². The largest absolute Gasteiger partial charge is 0.490 e. The van der Waals surface area contributed by atoms with E-state index < -0.39 is 12.1 Å². The summed E-state index contributed by atoms with van der Waals surface area (Å²) in [5.74, 6) is -1.86. The molecule has 28 heavy (non-hydrogen) atoms. The van der Waals surface area contributed by atoms with Crippen LogP contribution in [0.3, 0.4) is 0 Å². The van der Waals surface area contributed by atoms with Crippen molar-refractivity contribution in [1.29, 1.82) is 0 Å². The van der Waals surface area contributed by atoms with Crippen LogP contribution in [-0.2, 0) is 11.3 Å². The minimum atomic E-state index is -5.08. The van der Waals surface area contributed by atoms with E-state index in [-0.39, 0.29) is 0 Å². The Kier molecular flexibility index (Phi) is 6.19. The average Bonchev–Trinajstić information content (AvgIpc) is 3.34. The molecule has 0 aliphatic carbocycles. The molecule has 0 unspecified atom stereocenters. The fourth-order valence-corrected chi connectivity index (χ4v) is 4.65. The molecule has 2 fully saturated rings. The van der Waals surface area contributed by atoms with Crippen molar-refractivity contribution < 1.29 is 23.1 Å². The first-order chi connectivity index (χ1) is 13.3. The number of anilines is 1. The zero-order chi connectivity index (χ0) is 20.3. The number of alkyl halides is 3. The predicted molar refractivity (Wildman–Crippen MR) is 99.3 cm³/mol. The first kappa shape index (κ1) is 20.5. The lowest BCUT2D eigenvalue weighted by atomic mass is 10.1. The van der Waals surface area contributed by atoms with Crippen LogP contribution in [0, 0.1) is 6.92 Å². The third-order valence-electron chi connectivity index (χ3n) is 4.90. The van der Waals surface area contributed by atoms with E-state index in [9.17, 15) is 13.2 Å². The topological polar surface area (TPSA) is 69.6 Å². The number of hydrogen-bond donors (Lipinski definition) is 1. The van der Waals surface area contributed by atoms with Crippen LogP contribution in [-0.4, -0.2) is 57.3 Å². The van der Waals surface area contributed by atoms with Gasteiger partial charge in [0.1, 0.15) is 0 Å². The van der Waals surface area contributed by atoms with E-state index in [2.05, 4.69) is 38.8 Å². The number of rotatable bonds is 3. The number of aryl methyl sites for hydroxylation is 1. The normalized spacial score (nSPS) is 21.9. The lowest BCUT2D eigenvalue weighted by Gasteiger charge is -2.25. The Morgan fingerprint density at radius 2 is 1.86 bits per heavy atom. The molecule has 4 rings (SSSR count). The summed E-state index contributed by atoms with van der Waals surface area (Å²) < 4.78 is 31.7. The van der Waals surface area contributed by atoms with Gasteiger partial charge in [0.2, 0.25) is 5.95 Å². The van der Waals surface area contributed by atoms with Gasteiger partial charge in [-0.25, -0.2) is 14.8 Å². The molecule has 152 valence electrons. The molecule has 2 aliphatic rings. The highest BCUT2D eigenvalue weighted by molar-refractivity contribution is 7.11. The zero-order valence-corrected chi connectivity index (χ0v) is 16.1. The average molecular weight is 414 g/mol. The van der Waals surface area contributed by atoms with Crippen LogP contribution >= 0.6 is 11.3 Å². The van der Waals surface area contributed by atoms with Crippen LogP contribution < -0.4 is 4.90 Å². The Hall–Kier alpha value is -2.20. The number of aromatic nitrogens is 2. The van der Waals surface area contributed by atoms with Crippen molar-refractivity contribution in [3.05, 3.63) is 40.3 Å². The summed E-state index contributed by atoms with van der Waals surface area (Å²) in [4.78, 5) is 25.7. The molecule has 0 radical (unpaired) electrons. The van der Waals surface area contributed by atoms with Gasteiger partial charge < -0.3 is 10.0 Å². The van der Waals surface area contributed by atoms with Crippen molar-refractivity contribution in [2.75, 3.05) is 18.0 Å². The number of likely N-dealkylation sites (tertiary alicyclic amines) is 1. The number of nitrogens with zero attached hydrogens (tertiary/aromatic N) is 4. The highest BCUT2D eigenvalue weighted by Crippen LogP contribution is 2.35. The van der Waals surface area contributed by atoms with Gasteiger partial charge in [0.05, 0.1) is 0 Å². The van der Waals surface area contributed by atoms with Gasteiger partial charge in [-0.05, 0) is 38.0 Å². The Labute approximate surface area is 164 Å². The second kappa shape index (κ2) is 8.44. The van der Waals surface area contributed by atoms with Crippen molar-refractivity contribution in [2.24, 2.45) is 0 Å². The Balaban J connectivity index is 0.000000279. The van der Waals surface area contributed by atoms with E-state index in [1.807, 2.05) is 29.8 Å². The summed E-state index contributed by atoms with van der Waals surface area (Å²) in [7, 11) is 0. The minimum absolute atomic E-state index is 0.591. The van der Waals surface area contributed by atoms with Gasteiger partial charge in [0.25, 0.3) is 0 Å². The molecule has 0 saturated carbocycles. The number of fused-ring (bicyclic) bond motifs is 1. The molecule has 4 heterocycles. The molecule has 1 N–H and O–H groups in total. The molecular weight excluding hydrogens is 393 g/mol. The molecule has 2 saturated heterocycles. The predicted octanol–water partition coefficient (Wildman–Crippen LogP) is 3.33. The van der Waals surface area contributed by atoms with E-state index in [0.717, 1.165) is 19.0 Å². The molecule has 0 spiro atoms. The monoisotopic (exact) mass is 414 g/mol. The van der Waals surface area contributed by atoms with Crippen molar-refractivity contribution in [3.8, 4) is 0 Å². The Bertz CT molecular complexity index is 800. The van der Waals surface area contributed by atoms with Gasteiger partial charge >= 0.3 is 12.1 Å². The molecule has 2 aliphatic heterocycles. The molecular formula is C18H21F3N4O2S. The summed E-state index contributed by atoms with van der Waals surface area (Å²) in [5.41, 5.74) is 0. The Morgan fingerprint density at radius 3 is 2.43 bits per heavy atom. The molecule has 10 heteroatoms. The quantitative estimate of drug-likeness (QED) is 0.831. The first-order valence-corrected chi connectivity index (χ1v) is 9.70. The maximum Gasteiger partial charge on any atom is 0.490 e. The molecule has 2 atom stereocenters. The van der Waals surface area contributed by atoms with Gasteiger partial charge in [-0.3, -0.25) is 4.90 Å². The third-order valence-corrected chi connectivity index (χ3v) is 5.88. The molecule has 2 aromatic rings. The maximum absolute atomic E-state index is 10.6. The number of halogens is 3. The van der Waals surface area contributed by atoms with Gasteiger partial charge in [-0.1, -0.05) is 0 Å². The maximum atomic E-state index is 10.6. The summed E-state index contributed by atoms with van der Waals surface area (Å²) in [6.07, 6.45) is 1.06. The highest BCUT2D eigenvalue weighted by atomic mass is 32.1. The fourth-order valence-electron chi connectivity index (χ4n) is 3.73. The van der Waals surface area contributed by atoms with Crippen LogP contribution in [0.15, 0.2) is 30.6 Å². The summed E-state index contributed by atoms with van der Waals surface area (Å²) in [6, 6.07) is 7.65. The minimum Gasteiger partial charge on any atom is -0.475 e. The summed E-state index contributed by atoms with van der Waals surface area (Å²) >= 11 is 1.93. The fraction of sp³-hybridized carbons (Fsp3) is 0.500.